The number of anilines is 4. The van der Waals surface area contributed by atoms with Gasteiger partial charge in [0.1, 0.15) is 16.6 Å². The zero-order chi connectivity index (χ0) is 35.3. The molecule has 0 amide bonds. The molecule has 3 fully saturated rings. The lowest BCUT2D eigenvalue weighted by molar-refractivity contribution is -0.116. The van der Waals surface area contributed by atoms with Crippen LogP contribution in [0.1, 0.15) is 83.8 Å². The first-order valence-electron chi connectivity index (χ1n) is 18.2. The summed E-state index contributed by atoms with van der Waals surface area (Å²) in [5.41, 5.74) is 10.9. The molecule has 2 atom stereocenters. The fourth-order valence-electron chi connectivity index (χ4n) is 7.92. The molecule has 268 valence electrons. The van der Waals surface area contributed by atoms with Crippen molar-refractivity contribution in [1.29, 1.82) is 0 Å². The number of benzene rings is 2. The summed E-state index contributed by atoms with van der Waals surface area (Å²) in [5, 5.41) is -0.426. The zero-order valence-corrected chi connectivity index (χ0v) is 31.4. The van der Waals surface area contributed by atoms with Crippen molar-refractivity contribution in [2.75, 3.05) is 23.8 Å². The Morgan fingerprint density at radius 2 is 1.72 bits per heavy atom. The molecule has 0 unspecified atom stereocenters. The van der Waals surface area contributed by atoms with Gasteiger partial charge in [0.25, 0.3) is 0 Å². The largest absolute Gasteiger partial charge is 0.489 e. The molecule has 0 bridgehead atoms. The van der Waals surface area contributed by atoms with Crippen molar-refractivity contribution in [2.24, 2.45) is 11.8 Å². The summed E-state index contributed by atoms with van der Waals surface area (Å²) in [4.78, 5) is 13.9. The molecule has 2 aliphatic carbocycles. The van der Waals surface area contributed by atoms with E-state index in [9.17, 15) is 8.42 Å². The predicted octanol–water partition coefficient (Wildman–Crippen LogP) is 8.29. The molecule has 3 heterocycles. The van der Waals surface area contributed by atoms with E-state index < -0.39 is 15.1 Å². The van der Waals surface area contributed by atoms with Crippen molar-refractivity contribution < 1.29 is 17.9 Å². The van der Waals surface area contributed by atoms with E-state index in [0.717, 1.165) is 25.2 Å². The van der Waals surface area contributed by atoms with Crippen LogP contribution in [0.2, 0.25) is 5.02 Å². The summed E-state index contributed by atoms with van der Waals surface area (Å²) in [7, 11) is -3.71. The third kappa shape index (κ3) is 6.53. The maximum atomic E-state index is 13.8. The molecule has 50 heavy (non-hydrogen) atoms. The Balaban J connectivity index is 1.40. The molecule has 4 aliphatic rings. The van der Waals surface area contributed by atoms with Gasteiger partial charge < -0.3 is 15.2 Å². The third-order valence-electron chi connectivity index (χ3n) is 11.1. The van der Waals surface area contributed by atoms with Crippen molar-refractivity contribution in [3.05, 3.63) is 64.8 Å². The van der Waals surface area contributed by atoms with E-state index in [4.69, 9.17) is 26.8 Å². The van der Waals surface area contributed by atoms with E-state index in [1.807, 2.05) is 19.9 Å². The van der Waals surface area contributed by atoms with Gasteiger partial charge in [-0.2, -0.15) is 4.98 Å². The quantitative estimate of drug-likeness (QED) is 0.209. The van der Waals surface area contributed by atoms with Crippen molar-refractivity contribution in [3.8, 4) is 5.75 Å². The molecule has 7 rings (SSSR count). The number of nitrogens with zero attached hydrogens (tertiary/aromatic N) is 4. The number of nitrogens with two attached hydrogens (primary N) is 1. The number of hydrogen-bond donors (Lipinski definition) is 1. The summed E-state index contributed by atoms with van der Waals surface area (Å²) in [6.45, 7) is 11.2. The van der Waals surface area contributed by atoms with Gasteiger partial charge in [0.15, 0.2) is 9.84 Å². The molecule has 2 aliphatic heterocycles. The molecular formula is C39H50ClN5O4S. The lowest BCUT2D eigenvalue weighted by Gasteiger charge is -2.55. The highest BCUT2D eigenvalue weighted by Crippen LogP contribution is 2.49. The second kappa shape index (κ2) is 14.1. The molecule has 2 aromatic carbocycles. The minimum Gasteiger partial charge on any atom is -0.489 e. The van der Waals surface area contributed by atoms with Crippen molar-refractivity contribution in [2.45, 2.75) is 114 Å². The van der Waals surface area contributed by atoms with Gasteiger partial charge in [0, 0.05) is 12.1 Å². The minimum absolute atomic E-state index is 0.100. The minimum atomic E-state index is -3.71. The predicted molar refractivity (Wildman–Crippen MR) is 200 cm³/mol. The smallest absolute Gasteiger partial charge is 0.236 e. The molecule has 11 heteroatoms. The highest BCUT2D eigenvalue weighted by Gasteiger charge is 2.46. The lowest BCUT2D eigenvalue weighted by Crippen LogP contribution is -2.62. The van der Waals surface area contributed by atoms with Crippen LogP contribution < -0.4 is 15.4 Å². The molecule has 2 N–H and O–H groups in total. The Kier molecular flexibility index (Phi) is 9.93. The summed E-state index contributed by atoms with van der Waals surface area (Å²) in [5.74, 6) is 2.29. The normalized spacial score (nSPS) is 22.2. The first-order valence-corrected chi connectivity index (χ1v) is 20.1. The highest BCUT2D eigenvalue weighted by atomic mass is 35.5. The Bertz CT molecular complexity index is 1870. The Hall–Kier alpha value is -3.18. The molecular weight excluding hydrogens is 670 g/mol. The Morgan fingerprint density at radius 1 is 1.02 bits per heavy atom. The Morgan fingerprint density at radius 3 is 2.30 bits per heavy atom. The highest BCUT2D eigenvalue weighted by molar-refractivity contribution is 7.92. The molecule has 2 saturated carbocycles. The monoisotopic (exact) mass is 719 g/mol. The summed E-state index contributed by atoms with van der Waals surface area (Å²) in [6.07, 6.45) is 12.6. The second-order valence-corrected chi connectivity index (χ2v) is 18.0. The summed E-state index contributed by atoms with van der Waals surface area (Å²) < 4.78 is 40.0. The van der Waals surface area contributed by atoms with E-state index in [0.29, 0.717) is 47.1 Å². The van der Waals surface area contributed by atoms with Crippen LogP contribution in [-0.4, -0.2) is 66.0 Å². The van der Waals surface area contributed by atoms with Gasteiger partial charge in [-0.15, -0.1) is 0 Å². The second-order valence-electron chi connectivity index (χ2n) is 15.1. The van der Waals surface area contributed by atoms with Crippen LogP contribution in [0, 0.1) is 18.8 Å². The lowest BCUT2D eigenvalue weighted by atomic mass is 9.69. The average Bonchev–Trinajstić information content (AvgIpc) is 2.99. The van der Waals surface area contributed by atoms with Gasteiger partial charge in [0.2, 0.25) is 5.95 Å². The van der Waals surface area contributed by atoms with Crippen molar-refractivity contribution >= 4 is 50.2 Å². The van der Waals surface area contributed by atoms with Gasteiger partial charge in [-0.3, -0.25) is 9.80 Å². The maximum absolute atomic E-state index is 13.8. The number of aromatic nitrogens is 2. The molecule has 0 radical (unpaired) electrons. The summed E-state index contributed by atoms with van der Waals surface area (Å²) in [6, 6.07) is 12.6. The van der Waals surface area contributed by atoms with Crippen LogP contribution >= 0.6 is 11.6 Å². The SMILES string of the molecule is Cc1cc(N(c2ncc(Cl)c(N)n2)c2ccccc2S(=O)(=O)C(C)C)c(OC(C)C)cc1C1=C[C@H](C2CCC2)N(C2COC2)[C@@H](C2CCC2)C1. The third-order valence-corrected chi connectivity index (χ3v) is 13.6. The number of halogens is 1. The summed E-state index contributed by atoms with van der Waals surface area (Å²) >= 11 is 6.29. The van der Waals surface area contributed by atoms with Gasteiger partial charge in [-0.1, -0.05) is 42.7 Å². The van der Waals surface area contributed by atoms with E-state index in [-0.39, 0.29) is 27.8 Å². The number of hydrogen-bond acceptors (Lipinski definition) is 9. The number of para-hydroxylation sites is 1. The van der Waals surface area contributed by atoms with Crippen LogP contribution in [0.25, 0.3) is 5.57 Å². The van der Waals surface area contributed by atoms with Gasteiger partial charge in [0.05, 0.1) is 53.1 Å². The van der Waals surface area contributed by atoms with Gasteiger partial charge in [-0.05, 0) is 120 Å². The van der Waals surface area contributed by atoms with Crippen molar-refractivity contribution in [3.63, 3.8) is 0 Å². The van der Waals surface area contributed by atoms with Crippen LogP contribution in [0.15, 0.2) is 53.6 Å². The molecule has 1 saturated heterocycles. The van der Waals surface area contributed by atoms with E-state index in [1.165, 1.54) is 55.9 Å². The number of ether oxygens (including phenoxy) is 2. The number of rotatable bonds is 11. The number of sulfone groups is 1. The van der Waals surface area contributed by atoms with Crippen LogP contribution in [0.4, 0.5) is 23.1 Å². The zero-order valence-electron chi connectivity index (χ0n) is 29.8. The van der Waals surface area contributed by atoms with E-state index in [1.54, 1.807) is 36.9 Å². The number of aryl methyl sites for hydroxylation is 1. The van der Waals surface area contributed by atoms with E-state index in [2.05, 4.69) is 40.0 Å². The average molecular weight is 720 g/mol. The maximum Gasteiger partial charge on any atom is 0.236 e. The topological polar surface area (TPSA) is 111 Å². The van der Waals surface area contributed by atoms with Crippen molar-refractivity contribution in [1.82, 2.24) is 14.9 Å². The molecule has 1 aromatic heterocycles. The van der Waals surface area contributed by atoms with Gasteiger partial charge in [-0.25, -0.2) is 13.4 Å². The van der Waals surface area contributed by atoms with Crippen LogP contribution in [0.3, 0.4) is 0 Å². The first kappa shape index (κ1) is 35.2. The molecule has 3 aromatic rings. The fourth-order valence-corrected chi connectivity index (χ4v) is 9.24. The molecule has 0 spiro atoms. The Labute approximate surface area is 302 Å². The van der Waals surface area contributed by atoms with Crippen LogP contribution in [0.5, 0.6) is 5.75 Å². The standard InChI is InChI=1S/C39H50ClN5O4S/c1-23(2)49-36-19-30(28-17-33(26-10-8-11-26)44(29-21-48-22-29)34(18-28)27-12-9-13-27)25(5)16-35(36)45(39-42-20-31(40)38(41)43-39)32-14-6-7-15-37(32)50(46,47)24(3)4/h6-7,14-17,19-20,23-24,26-27,29,33-34H,8-13,18,21-22H2,1-5H3,(H2,41,42,43)/t33-,34-/m1/s1. The first-order chi connectivity index (χ1) is 23.9. The van der Waals surface area contributed by atoms with Gasteiger partial charge >= 0.3 is 0 Å². The molecule has 9 nitrogen and oxygen atoms in total. The van der Waals surface area contributed by atoms with E-state index >= 15 is 0 Å². The number of nitrogen functional groups attached to an aromatic ring is 1. The van der Waals surface area contributed by atoms with Crippen LogP contribution in [-0.2, 0) is 14.6 Å². The fraction of sp³-hybridized carbons (Fsp3) is 0.538.